The molecule has 0 bridgehead atoms. The fraction of sp³-hybridized carbons (Fsp3) is 1.00. The smallest absolute Gasteiger partial charge is 0.195 e. The first-order chi connectivity index (χ1) is 7.60. The first-order valence-corrected chi connectivity index (χ1v) is 9.84. The summed E-state index contributed by atoms with van der Waals surface area (Å²) in [6.45, 7) is 17.7. The van der Waals surface area contributed by atoms with Gasteiger partial charge in [0.1, 0.15) is 6.29 Å². The van der Waals surface area contributed by atoms with Crippen molar-refractivity contribution in [1.29, 1.82) is 0 Å². The topological polar surface area (TPSA) is 18.5 Å². The second-order valence-electron chi connectivity index (χ2n) is 6.63. The van der Waals surface area contributed by atoms with Crippen LogP contribution in [0.3, 0.4) is 0 Å². The summed E-state index contributed by atoms with van der Waals surface area (Å²) in [7, 11) is -1.71. The molecule has 0 radical (unpaired) electrons. The van der Waals surface area contributed by atoms with E-state index >= 15 is 0 Å². The molecule has 1 atom stereocenters. The zero-order valence-electron chi connectivity index (χ0n) is 13.1. The highest BCUT2D eigenvalue weighted by Gasteiger charge is 2.39. The van der Waals surface area contributed by atoms with Crippen LogP contribution in [0.5, 0.6) is 0 Å². The number of ether oxygens (including phenoxy) is 1. The van der Waals surface area contributed by atoms with Crippen molar-refractivity contribution in [3.05, 3.63) is 0 Å². The number of unbranched alkanes of at least 4 members (excludes halogenated alkanes) is 1. The van der Waals surface area contributed by atoms with Crippen molar-refractivity contribution >= 4 is 8.32 Å². The molecule has 17 heavy (non-hydrogen) atoms. The second-order valence-corrected chi connectivity index (χ2v) is 11.4. The lowest BCUT2D eigenvalue weighted by Gasteiger charge is -2.39. The molecule has 0 aliphatic heterocycles. The maximum atomic E-state index is 6.33. The highest BCUT2D eigenvalue weighted by molar-refractivity contribution is 6.74. The maximum absolute atomic E-state index is 6.33. The molecule has 2 nitrogen and oxygen atoms in total. The maximum Gasteiger partial charge on any atom is 0.195 e. The van der Waals surface area contributed by atoms with Gasteiger partial charge in [0.15, 0.2) is 8.32 Å². The minimum Gasteiger partial charge on any atom is -0.392 e. The summed E-state index contributed by atoms with van der Waals surface area (Å²) in [5.41, 5.74) is 0. The Balaban J connectivity index is 4.50. The molecule has 0 saturated carbocycles. The van der Waals surface area contributed by atoms with Crippen molar-refractivity contribution < 1.29 is 9.16 Å². The van der Waals surface area contributed by atoms with Crippen LogP contribution in [-0.4, -0.2) is 20.7 Å². The lowest BCUT2D eigenvalue weighted by molar-refractivity contribution is -0.119. The van der Waals surface area contributed by atoms with Crippen LogP contribution in [0.4, 0.5) is 0 Å². The molecule has 0 aromatic heterocycles. The van der Waals surface area contributed by atoms with Crippen LogP contribution in [0, 0.1) is 0 Å². The summed E-state index contributed by atoms with van der Waals surface area (Å²) < 4.78 is 12.2. The molecular formula is C14H32O2Si. The fourth-order valence-corrected chi connectivity index (χ4v) is 2.52. The van der Waals surface area contributed by atoms with Crippen molar-refractivity contribution in [2.75, 3.05) is 0 Å². The van der Waals surface area contributed by atoms with Gasteiger partial charge in [-0.25, -0.2) is 0 Å². The van der Waals surface area contributed by atoms with E-state index in [-0.39, 0.29) is 17.4 Å². The van der Waals surface area contributed by atoms with Gasteiger partial charge in [-0.15, -0.1) is 0 Å². The Morgan fingerprint density at radius 3 is 2.00 bits per heavy atom. The van der Waals surface area contributed by atoms with Gasteiger partial charge >= 0.3 is 0 Å². The first kappa shape index (κ1) is 17.1. The summed E-state index contributed by atoms with van der Waals surface area (Å²) in [6.07, 6.45) is 3.60. The number of rotatable bonds is 7. The Labute approximate surface area is 109 Å². The summed E-state index contributed by atoms with van der Waals surface area (Å²) >= 11 is 0. The predicted molar refractivity (Wildman–Crippen MR) is 77.8 cm³/mol. The Morgan fingerprint density at radius 1 is 1.12 bits per heavy atom. The van der Waals surface area contributed by atoms with Crippen LogP contribution in [0.1, 0.15) is 60.8 Å². The molecular weight excluding hydrogens is 228 g/mol. The molecule has 0 heterocycles. The normalized spacial score (nSPS) is 15.4. The second kappa shape index (κ2) is 6.91. The minimum absolute atomic E-state index is 0.0177. The molecule has 104 valence electrons. The average molecular weight is 260 g/mol. The molecule has 0 aromatic carbocycles. The Morgan fingerprint density at radius 2 is 1.65 bits per heavy atom. The summed E-state index contributed by atoms with van der Waals surface area (Å²) in [5, 5.41) is 0.248. The van der Waals surface area contributed by atoms with Crippen molar-refractivity contribution in [3.8, 4) is 0 Å². The predicted octanol–water partition coefficient (Wildman–Crippen LogP) is 4.95. The van der Waals surface area contributed by atoms with Crippen LogP contribution in [-0.2, 0) is 9.16 Å². The van der Waals surface area contributed by atoms with Crippen molar-refractivity contribution in [2.24, 2.45) is 0 Å². The molecule has 0 fully saturated rings. The van der Waals surface area contributed by atoms with E-state index in [0.29, 0.717) is 0 Å². The lowest BCUT2D eigenvalue weighted by Crippen LogP contribution is -2.45. The van der Waals surface area contributed by atoms with E-state index in [4.69, 9.17) is 9.16 Å². The molecule has 0 N–H and O–H groups in total. The quantitative estimate of drug-likeness (QED) is 0.476. The van der Waals surface area contributed by atoms with Gasteiger partial charge in [0.25, 0.3) is 0 Å². The minimum atomic E-state index is -1.71. The third-order valence-electron chi connectivity index (χ3n) is 3.45. The molecule has 3 heteroatoms. The molecule has 0 aliphatic rings. The fourth-order valence-electron chi connectivity index (χ4n) is 1.33. The van der Waals surface area contributed by atoms with Gasteiger partial charge < -0.3 is 9.16 Å². The van der Waals surface area contributed by atoms with Crippen LogP contribution < -0.4 is 0 Å². The molecule has 0 rings (SSSR count). The van der Waals surface area contributed by atoms with E-state index in [1.165, 1.54) is 12.8 Å². The third-order valence-corrected chi connectivity index (χ3v) is 7.91. The van der Waals surface area contributed by atoms with E-state index in [0.717, 1.165) is 6.42 Å². The van der Waals surface area contributed by atoms with Crippen molar-refractivity contribution in [1.82, 2.24) is 0 Å². The molecule has 0 aliphatic carbocycles. The standard InChI is InChI=1S/C14H32O2Si/c1-9-10-11-13(15-12(2)3)16-17(7,8)14(4,5)6/h12-13H,9-11H2,1-8H3. The Bertz CT molecular complexity index is 207. The van der Waals surface area contributed by atoms with E-state index < -0.39 is 8.32 Å². The third kappa shape index (κ3) is 6.58. The van der Waals surface area contributed by atoms with E-state index in [1.54, 1.807) is 0 Å². The molecule has 0 saturated heterocycles. The summed E-state index contributed by atoms with van der Waals surface area (Å²) in [6, 6.07) is 0. The van der Waals surface area contributed by atoms with Crippen LogP contribution in [0.15, 0.2) is 0 Å². The Hall–Kier alpha value is 0.137. The number of hydrogen-bond donors (Lipinski definition) is 0. The van der Waals surface area contributed by atoms with Crippen LogP contribution in [0.2, 0.25) is 18.1 Å². The van der Waals surface area contributed by atoms with Crippen molar-refractivity contribution in [2.45, 2.75) is 91.3 Å². The lowest BCUT2D eigenvalue weighted by atomic mass is 10.2. The average Bonchev–Trinajstić information content (AvgIpc) is 2.10. The zero-order chi connectivity index (χ0) is 13.7. The van der Waals surface area contributed by atoms with Crippen LogP contribution >= 0.6 is 0 Å². The monoisotopic (exact) mass is 260 g/mol. The molecule has 0 spiro atoms. The summed E-state index contributed by atoms with van der Waals surface area (Å²) in [5.74, 6) is 0. The molecule has 1 unspecified atom stereocenters. The first-order valence-electron chi connectivity index (χ1n) is 6.93. The molecule has 0 amide bonds. The van der Waals surface area contributed by atoms with Gasteiger partial charge in [-0.05, 0) is 44.8 Å². The van der Waals surface area contributed by atoms with Crippen LogP contribution in [0.25, 0.3) is 0 Å². The molecule has 0 aromatic rings. The van der Waals surface area contributed by atoms with Gasteiger partial charge in [-0.1, -0.05) is 34.1 Å². The van der Waals surface area contributed by atoms with Gasteiger partial charge in [-0.3, -0.25) is 0 Å². The van der Waals surface area contributed by atoms with Gasteiger partial charge in [0.05, 0.1) is 6.10 Å². The van der Waals surface area contributed by atoms with Gasteiger partial charge in [-0.2, -0.15) is 0 Å². The number of hydrogen-bond acceptors (Lipinski definition) is 2. The van der Waals surface area contributed by atoms with Gasteiger partial charge in [0.2, 0.25) is 0 Å². The SMILES string of the molecule is CCCCC(OC(C)C)O[Si](C)(C)C(C)(C)C. The Kier molecular flexibility index (Phi) is 6.96. The largest absolute Gasteiger partial charge is 0.392 e. The summed E-state index contributed by atoms with van der Waals surface area (Å²) in [4.78, 5) is 0. The van der Waals surface area contributed by atoms with E-state index in [9.17, 15) is 0 Å². The van der Waals surface area contributed by atoms with Gasteiger partial charge in [0, 0.05) is 0 Å². The highest BCUT2D eigenvalue weighted by Crippen LogP contribution is 2.38. The van der Waals surface area contributed by atoms with E-state index in [1.807, 2.05) is 0 Å². The zero-order valence-corrected chi connectivity index (χ0v) is 14.1. The van der Waals surface area contributed by atoms with Crippen molar-refractivity contribution in [3.63, 3.8) is 0 Å². The van der Waals surface area contributed by atoms with E-state index in [2.05, 4.69) is 54.6 Å². The highest BCUT2D eigenvalue weighted by atomic mass is 28.4.